The minimum absolute atomic E-state index is 0.868. The van der Waals surface area contributed by atoms with Gasteiger partial charge >= 0.3 is 0 Å². The largest absolute Gasteiger partial charge is 0.497 e. The van der Waals surface area contributed by atoms with E-state index in [0.29, 0.717) is 0 Å². The van der Waals surface area contributed by atoms with Gasteiger partial charge in [0.1, 0.15) is 5.75 Å². The van der Waals surface area contributed by atoms with Gasteiger partial charge in [-0.25, -0.2) is 4.68 Å². The van der Waals surface area contributed by atoms with Crippen LogP contribution in [0.1, 0.15) is 11.3 Å². The van der Waals surface area contributed by atoms with Crippen LogP contribution in [0.5, 0.6) is 5.75 Å². The first-order chi connectivity index (χ1) is 8.38. The molecule has 0 atom stereocenters. The standard InChI is InChI=1S/C13H15N3O/c1-17-12-4-2-11(3-5-12)16-13-9-14-7-6-10(13)8-15-16/h2-5,8,14H,6-7,9H2,1H3. The molecule has 1 aromatic carbocycles. The fraction of sp³-hybridized carbons (Fsp3) is 0.308. The van der Waals surface area contributed by atoms with Crippen molar-refractivity contribution in [1.82, 2.24) is 15.1 Å². The lowest BCUT2D eigenvalue weighted by Crippen LogP contribution is -2.24. The van der Waals surface area contributed by atoms with E-state index >= 15 is 0 Å². The number of benzene rings is 1. The van der Waals surface area contributed by atoms with E-state index in [2.05, 4.69) is 10.4 Å². The Bertz CT molecular complexity index is 516. The van der Waals surface area contributed by atoms with Crippen molar-refractivity contribution in [3.8, 4) is 11.4 Å². The van der Waals surface area contributed by atoms with Gasteiger partial charge in [0, 0.05) is 6.54 Å². The Kier molecular flexibility index (Phi) is 2.57. The third-order valence-electron chi connectivity index (χ3n) is 3.14. The van der Waals surface area contributed by atoms with Gasteiger partial charge in [-0.05, 0) is 42.8 Å². The van der Waals surface area contributed by atoms with Crippen LogP contribution in [-0.2, 0) is 13.0 Å². The number of hydrogen-bond donors (Lipinski definition) is 1. The Balaban J connectivity index is 2.00. The number of nitrogens with one attached hydrogen (secondary N) is 1. The topological polar surface area (TPSA) is 39.1 Å². The van der Waals surface area contributed by atoms with E-state index < -0.39 is 0 Å². The number of rotatable bonds is 2. The summed E-state index contributed by atoms with van der Waals surface area (Å²) in [5.41, 5.74) is 3.69. The van der Waals surface area contributed by atoms with Crippen molar-refractivity contribution in [1.29, 1.82) is 0 Å². The molecule has 0 saturated carbocycles. The van der Waals surface area contributed by atoms with Crippen LogP contribution in [0, 0.1) is 0 Å². The molecule has 4 nitrogen and oxygen atoms in total. The van der Waals surface area contributed by atoms with Crippen LogP contribution in [0.4, 0.5) is 0 Å². The third kappa shape index (κ3) is 1.80. The van der Waals surface area contributed by atoms with Crippen LogP contribution < -0.4 is 10.1 Å². The first-order valence-corrected chi connectivity index (χ1v) is 5.79. The van der Waals surface area contributed by atoms with Gasteiger partial charge in [-0.2, -0.15) is 5.10 Å². The van der Waals surface area contributed by atoms with E-state index in [0.717, 1.165) is 30.9 Å². The van der Waals surface area contributed by atoms with Crippen molar-refractivity contribution in [2.45, 2.75) is 13.0 Å². The third-order valence-corrected chi connectivity index (χ3v) is 3.14. The summed E-state index contributed by atoms with van der Waals surface area (Å²) in [6.07, 6.45) is 3.03. The summed E-state index contributed by atoms with van der Waals surface area (Å²) in [6.45, 7) is 1.93. The van der Waals surface area contributed by atoms with Gasteiger partial charge < -0.3 is 10.1 Å². The van der Waals surface area contributed by atoms with Crippen LogP contribution in [0.15, 0.2) is 30.5 Å². The predicted octanol–water partition coefficient (Wildman–Crippen LogP) is 1.53. The lowest BCUT2D eigenvalue weighted by atomic mass is 10.1. The second-order valence-electron chi connectivity index (χ2n) is 4.15. The quantitative estimate of drug-likeness (QED) is 0.848. The highest BCUT2D eigenvalue weighted by Crippen LogP contribution is 2.20. The zero-order valence-corrected chi connectivity index (χ0v) is 9.81. The first-order valence-electron chi connectivity index (χ1n) is 5.79. The van der Waals surface area contributed by atoms with Crippen LogP contribution >= 0.6 is 0 Å². The minimum atomic E-state index is 0.868. The smallest absolute Gasteiger partial charge is 0.119 e. The SMILES string of the molecule is COc1ccc(-n2ncc3c2CNCC3)cc1. The number of aromatic nitrogens is 2. The summed E-state index contributed by atoms with van der Waals surface area (Å²) in [6, 6.07) is 7.97. The molecule has 0 saturated heterocycles. The van der Waals surface area contributed by atoms with E-state index in [-0.39, 0.29) is 0 Å². The summed E-state index contributed by atoms with van der Waals surface area (Å²) in [4.78, 5) is 0. The molecule has 1 aliphatic rings. The molecule has 0 radical (unpaired) electrons. The van der Waals surface area contributed by atoms with Crippen molar-refractivity contribution in [3.05, 3.63) is 41.7 Å². The molecule has 17 heavy (non-hydrogen) atoms. The number of nitrogens with zero attached hydrogens (tertiary/aromatic N) is 2. The Labute approximate surface area is 100 Å². The van der Waals surface area contributed by atoms with Gasteiger partial charge in [0.15, 0.2) is 0 Å². The zero-order valence-electron chi connectivity index (χ0n) is 9.81. The molecule has 0 spiro atoms. The van der Waals surface area contributed by atoms with E-state index in [1.54, 1.807) is 7.11 Å². The fourth-order valence-corrected chi connectivity index (χ4v) is 2.18. The summed E-state index contributed by atoms with van der Waals surface area (Å²) in [7, 11) is 1.68. The maximum absolute atomic E-state index is 5.16. The van der Waals surface area contributed by atoms with Crippen LogP contribution in [0.25, 0.3) is 5.69 Å². The molecule has 1 aromatic heterocycles. The van der Waals surface area contributed by atoms with Gasteiger partial charge in [-0.15, -0.1) is 0 Å². The molecular formula is C13H15N3O. The number of fused-ring (bicyclic) bond motifs is 1. The molecule has 3 rings (SSSR count). The highest BCUT2D eigenvalue weighted by Gasteiger charge is 2.15. The normalized spacial score (nSPS) is 14.4. The van der Waals surface area contributed by atoms with Crippen molar-refractivity contribution in [2.24, 2.45) is 0 Å². The number of ether oxygens (including phenoxy) is 1. The Hall–Kier alpha value is -1.81. The minimum Gasteiger partial charge on any atom is -0.497 e. The molecule has 0 bridgehead atoms. The molecule has 1 aliphatic heterocycles. The number of methoxy groups -OCH3 is 1. The fourth-order valence-electron chi connectivity index (χ4n) is 2.18. The Morgan fingerprint density at radius 1 is 1.29 bits per heavy atom. The van der Waals surface area contributed by atoms with E-state index in [1.807, 2.05) is 35.1 Å². The maximum atomic E-state index is 5.16. The molecule has 0 unspecified atom stereocenters. The predicted molar refractivity (Wildman–Crippen MR) is 65.5 cm³/mol. The average Bonchev–Trinajstić information content (AvgIpc) is 2.83. The van der Waals surface area contributed by atoms with Gasteiger partial charge in [-0.1, -0.05) is 0 Å². The van der Waals surface area contributed by atoms with Crippen molar-refractivity contribution >= 4 is 0 Å². The molecule has 88 valence electrons. The monoisotopic (exact) mass is 229 g/mol. The van der Waals surface area contributed by atoms with E-state index in [1.165, 1.54) is 11.3 Å². The maximum Gasteiger partial charge on any atom is 0.119 e. The first kappa shape index (κ1) is 10.4. The van der Waals surface area contributed by atoms with Crippen LogP contribution in [0.2, 0.25) is 0 Å². The lowest BCUT2D eigenvalue weighted by Gasteiger charge is -2.15. The van der Waals surface area contributed by atoms with Gasteiger partial charge in [0.05, 0.1) is 24.7 Å². The summed E-state index contributed by atoms with van der Waals surface area (Å²) >= 11 is 0. The average molecular weight is 229 g/mol. The van der Waals surface area contributed by atoms with Gasteiger partial charge in [0.25, 0.3) is 0 Å². The van der Waals surface area contributed by atoms with Crippen molar-refractivity contribution < 1.29 is 4.74 Å². The van der Waals surface area contributed by atoms with Gasteiger partial charge in [0.2, 0.25) is 0 Å². The van der Waals surface area contributed by atoms with Crippen molar-refractivity contribution in [2.75, 3.05) is 13.7 Å². The van der Waals surface area contributed by atoms with Crippen molar-refractivity contribution in [3.63, 3.8) is 0 Å². The van der Waals surface area contributed by atoms with Gasteiger partial charge in [-0.3, -0.25) is 0 Å². The highest BCUT2D eigenvalue weighted by atomic mass is 16.5. The molecule has 4 heteroatoms. The molecule has 0 amide bonds. The molecule has 1 N–H and O–H groups in total. The second kappa shape index (κ2) is 4.22. The Morgan fingerprint density at radius 2 is 2.12 bits per heavy atom. The summed E-state index contributed by atoms with van der Waals surface area (Å²) < 4.78 is 7.16. The van der Waals surface area contributed by atoms with Crippen LogP contribution in [0.3, 0.4) is 0 Å². The van der Waals surface area contributed by atoms with Crippen LogP contribution in [-0.4, -0.2) is 23.4 Å². The summed E-state index contributed by atoms with van der Waals surface area (Å²) in [5, 5.41) is 7.83. The number of hydrogen-bond acceptors (Lipinski definition) is 3. The molecule has 2 aromatic rings. The highest BCUT2D eigenvalue weighted by molar-refractivity contribution is 5.39. The summed E-state index contributed by atoms with van der Waals surface area (Å²) in [5.74, 6) is 0.868. The molecule has 2 heterocycles. The Morgan fingerprint density at radius 3 is 2.88 bits per heavy atom. The molecule has 0 aliphatic carbocycles. The second-order valence-corrected chi connectivity index (χ2v) is 4.15. The van der Waals surface area contributed by atoms with E-state index in [4.69, 9.17) is 4.74 Å². The molecule has 0 fully saturated rings. The zero-order chi connectivity index (χ0) is 11.7. The van der Waals surface area contributed by atoms with E-state index in [9.17, 15) is 0 Å². The lowest BCUT2D eigenvalue weighted by molar-refractivity contribution is 0.414. The molecular weight excluding hydrogens is 214 g/mol.